The molecule has 0 aliphatic heterocycles. The standard InChI is InChI=1S/C24H36N4O4/c1-6-12-28(13-7-2)22(30)10-8-9-21(29)26-23(24-25-11-14-27(24)3)18-15-19(31-4)17-20(16-18)32-5/h11,14-17,23H,6-10,12-13H2,1-5H3,(H,26,29). The van der Waals surface area contributed by atoms with Crippen molar-refractivity contribution < 1.29 is 19.1 Å². The molecule has 0 bridgehead atoms. The van der Waals surface area contributed by atoms with Gasteiger partial charge in [0.1, 0.15) is 23.4 Å². The molecule has 1 unspecified atom stereocenters. The molecule has 2 amide bonds. The van der Waals surface area contributed by atoms with Gasteiger partial charge in [-0.05, 0) is 37.0 Å². The summed E-state index contributed by atoms with van der Waals surface area (Å²) in [7, 11) is 5.06. The SMILES string of the molecule is CCCN(CCC)C(=O)CCCC(=O)NC(c1cc(OC)cc(OC)c1)c1nccn1C. The first kappa shape index (κ1) is 25.2. The number of benzene rings is 1. The third-order valence-electron chi connectivity index (χ3n) is 5.26. The minimum Gasteiger partial charge on any atom is -0.497 e. The van der Waals surface area contributed by atoms with Gasteiger partial charge in [0.05, 0.1) is 14.2 Å². The summed E-state index contributed by atoms with van der Waals surface area (Å²) in [5, 5.41) is 3.07. The van der Waals surface area contributed by atoms with E-state index in [1.54, 1.807) is 26.5 Å². The molecular weight excluding hydrogens is 408 g/mol. The van der Waals surface area contributed by atoms with Crippen LogP contribution in [0.25, 0.3) is 0 Å². The zero-order chi connectivity index (χ0) is 23.5. The molecule has 1 aromatic carbocycles. The Labute approximate surface area is 190 Å². The normalized spacial score (nSPS) is 11.7. The molecule has 2 aromatic rings. The highest BCUT2D eigenvalue weighted by atomic mass is 16.5. The van der Waals surface area contributed by atoms with Crippen molar-refractivity contribution in [2.75, 3.05) is 27.3 Å². The van der Waals surface area contributed by atoms with Crippen molar-refractivity contribution in [1.29, 1.82) is 0 Å². The molecule has 8 heteroatoms. The van der Waals surface area contributed by atoms with Crippen LogP contribution in [-0.4, -0.2) is 53.6 Å². The minimum absolute atomic E-state index is 0.111. The van der Waals surface area contributed by atoms with Crippen LogP contribution in [0.3, 0.4) is 0 Å². The number of imidazole rings is 1. The predicted molar refractivity (Wildman–Crippen MR) is 124 cm³/mol. The Morgan fingerprint density at radius 2 is 1.69 bits per heavy atom. The Balaban J connectivity index is 2.10. The van der Waals surface area contributed by atoms with Gasteiger partial charge in [0.2, 0.25) is 11.8 Å². The van der Waals surface area contributed by atoms with E-state index in [0.717, 1.165) is 31.5 Å². The summed E-state index contributed by atoms with van der Waals surface area (Å²) in [6, 6.07) is 5.03. The molecule has 8 nitrogen and oxygen atoms in total. The van der Waals surface area contributed by atoms with Gasteiger partial charge in [0, 0.05) is 51.4 Å². The Morgan fingerprint density at radius 1 is 1.06 bits per heavy atom. The van der Waals surface area contributed by atoms with E-state index in [2.05, 4.69) is 24.1 Å². The summed E-state index contributed by atoms with van der Waals surface area (Å²) in [5.74, 6) is 1.93. The van der Waals surface area contributed by atoms with Crippen LogP contribution in [0.1, 0.15) is 63.4 Å². The van der Waals surface area contributed by atoms with E-state index in [9.17, 15) is 9.59 Å². The molecule has 0 fully saturated rings. The van der Waals surface area contributed by atoms with Gasteiger partial charge in [-0.1, -0.05) is 13.8 Å². The van der Waals surface area contributed by atoms with Gasteiger partial charge in [0.25, 0.3) is 0 Å². The fourth-order valence-electron chi connectivity index (χ4n) is 3.64. The highest BCUT2D eigenvalue weighted by Gasteiger charge is 2.22. The molecule has 0 aliphatic rings. The van der Waals surface area contributed by atoms with E-state index in [4.69, 9.17) is 9.47 Å². The van der Waals surface area contributed by atoms with Crippen molar-refractivity contribution >= 4 is 11.8 Å². The third-order valence-corrected chi connectivity index (χ3v) is 5.26. The quantitative estimate of drug-likeness (QED) is 0.511. The van der Waals surface area contributed by atoms with Gasteiger partial charge in [0.15, 0.2) is 0 Å². The number of carbonyl (C=O) groups excluding carboxylic acids is 2. The number of ether oxygens (including phenoxy) is 2. The number of aromatic nitrogens is 2. The molecule has 2 rings (SSSR count). The van der Waals surface area contributed by atoms with Crippen LogP contribution in [-0.2, 0) is 16.6 Å². The van der Waals surface area contributed by atoms with Crippen molar-refractivity contribution in [3.05, 3.63) is 42.0 Å². The second kappa shape index (κ2) is 12.7. The lowest BCUT2D eigenvalue weighted by Crippen LogP contribution is -2.33. The topological polar surface area (TPSA) is 85.7 Å². The monoisotopic (exact) mass is 444 g/mol. The van der Waals surface area contributed by atoms with Crippen LogP contribution >= 0.6 is 0 Å². The van der Waals surface area contributed by atoms with Gasteiger partial charge in [-0.15, -0.1) is 0 Å². The number of hydrogen-bond donors (Lipinski definition) is 1. The molecule has 1 atom stereocenters. The van der Waals surface area contributed by atoms with Crippen LogP contribution < -0.4 is 14.8 Å². The lowest BCUT2D eigenvalue weighted by atomic mass is 10.0. The van der Waals surface area contributed by atoms with E-state index in [-0.39, 0.29) is 18.2 Å². The van der Waals surface area contributed by atoms with Gasteiger partial charge in [-0.2, -0.15) is 0 Å². The second-order valence-electron chi connectivity index (χ2n) is 7.78. The smallest absolute Gasteiger partial charge is 0.222 e. The maximum Gasteiger partial charge on any atom is 0.222 e. The van der Waals surface area contributed by atoms with E-state index < -0.39 is 6.04 Å². The molecule has 32 heavy (non-hydrogen) atoms. The van der Waals surface area contributed by atoms with Crippen molar-refractivity contribution in [1.82, 2.24) is 19.8 Å². The predicted octanol–water partition coefficient (Wildman–Crippen LogP) is 3.46. The van der Waals surface area contributed by atoms with Crippen molar-refractivity contribution in [2.45, 2.75) is 52.0 Å². The van der Waals surface area contributed by atoms with Crippen molar-refractivity contribution in [2.24, 2.45) is 7.05 Å². The molecule has 1 aromatic heterocycles. The second-order valence-corrected chi connectivity index (χ2v) is 7.78. The Bertz CT molecular complexity index is 852. The maximum atomic E-state index is 12.8. The van der Waals surface area contributed by atoms with Gasteiger partial charge in [-0.3, -0.25) is 9.59 Å². The molecule has 0 spiro atoms. The van der Waals surface area contributed by atoms with Gasteiger partial charge >= 0.3 is 0 Å². The summed E-state index contributed by atoms with van der Waals surface area (Å²) in [5.41, 5.74) is 0.803. The average molecular weight is 445 g/mol. The first-order valence-electron chi connectivity index (χ1n) is 11.2. The largest absolute Gasteiger partial charge is 0.497 e. The summed E-state index contributed by atoms with van der Waals surface area (Å²) < 4.78 is 12.7. The number of nitrogens with zero attached hydrogens (tertiary/aromatic N) is 3. The highest BCUT2D eigenvalue weighted by molar-refractivity contribution is 5.79. The molecule has 1 heterocycles. The first-order valence-corrected chi connectivity index (χ1v) is 11.2. The third kappa shape index (κ3) is 7.00. The maximum absolute atomic E-state index is 12.8. The van der Waals surface area contributed by atoms with Crippen LogP contribution in [0.5, 0.6) is 11.5 Å². The van der Waals surface area contributed by atoms with Crippen molar-refractivity contribution in [3.8, 4) is 11.5 Å². The van der Waals surface area contributed by atoms with Crippen LogP contribution in [0.4, 0.5) is 0 Å². The number of amides is 2. The Morgan fingerprint density at radius 3 is 2.19 bits per heavy atom. The Kier molecular flexibility index (Phi) is 10.0. The van der Waals surface area contributed by atoms with E-state index in [1.165, 1.54) is 0 Å². The number of carbonyl (C=O) groups is 2. The molecular formula is C24H36N4O4. The van der Waals surface area contributed by atoms with Crippen LogP contribution in [0.2, 0.25) is 0 Å². The summed E-state index contributed by atoms with van der Waals surface area (Å²) in [4.78, 5) is 31.6. The lowest BCUT2D eigenvalue weighted by Gasteiger charge is -2.22. The van der Waals surface area contributed by atoms with Crippen LogP contribution in [0.15, 0.2) is 30.6 Å². The van der Waals surface area contributed by atoms with Crippen LogP contribution in [0, 0.1) is 0 Å². The minimum atomic E-state index is -0.473. The summed E-state index contributed by atoms with van der Waals surface area (Å²) in [6.45, 7) is 5.65. The molecule has 176 valence electrons. The molecule has 0 saturated heterocycles. The number of rotatable bonds is 13. The van der Waals surface area contributed by atoms with Gasteiger partial charge in [-0.25, -0.2) is 4.98 Å². The zero-order valence-corrected chi connectivity index (χ0v) is 19.9. The zero-order valence-electron chi connectivity index (χ0n) is 19.9. The Hall–Kier alpha value is -3.03. The average Bonchev–Trinajstić information content (AvgIpc) is 3.22. The lowest BCUT2D eigenvalue weighted by molar-refractivity contribution is -0.131. The molecule has 0 aliphatic carbocycles. The molecule has 1 N–H and O–H groups in total. The van der Waals surface area contributed by atoms with E-state index >= 15 is 0 Å². The molecule has 0 radical (unpaired) electrons. The fourth-order valence-corrected chi connectivity index (χ4v) is 3.64. The summed E-state index contributed by atoms with van der Waals surface area (Å²) >= 11 is 0. The first-order chi connectivity index (χ1) is 15.4. The number of methoxy groups -OCH3 is 2. The van der Waals surface area contributed by atoms with Gasteiger partial charge < -0.3 is 24.3 Å². The highest BCUT2D eigenvalue weighted by Crippen LogP contribution is 2.29. The number of aryl methyl sites for hydroxylation is 1. The number of hydrogen-bond acceptors (Lipinski definition) is 5. The van der Waals surface area contributed by atoms with E-state index in [1.807, 2.05) is 34.8 Å². The summed E-state index contributed by atoms with van der Waals surface area (Å²) in [6.07, 6.45) is 6.53. The molecule has 0 saturated carbocycles. The van der Waals surface area contributed by atoms with Crippen molar-refractivity contribution in [3.63, 3.8) is 0 Å². The number of nitrogens with one attached hydrogen (secondary N) is 1. The van der Waals surface area contributed by atoms with E-state index in [0.29, 0.717) is 30.2 Å². The fraction of sp³-hybridized carbons (Fsp3) is 0.542.